The zero-order valence-corrected chi connectivity index (χ0v) is 12.9. The van der Waals surface area contributed by atoms with Crippen molar-refractivity contribution < 1.29 is 19.5 Å². The first-order chi connectivity index (χ1) is 9.23. The average molecular weight is 286 g/mol. The molecule has 0 aromatic heterocycles. The van der Waals surface area contributed by atoms with Crippen LogP contribution in [-0.4, -0.2) is 59.9 Å². The molecule has 0 spiro atoms. The Hall–Kier alpha value is -1.59. The molecular weight excluding hydrogens is 260 g/mol. The summed E-state index contributed by atoms with van der Waals surface area (Å²) in [5, 5.41) is 8.70. The van der Waals surface area contributed by atoms with Gasteiger partial charge in [0.25, 0.3) is 0 Å². The summed E-state index contributed by atoms with van der Waals surface area (Å²) >= 11 is 0. The summed E-state index contributed by atoms with van der Waals surface area (Å²) in [5.74, 6) is -0.698. The number of carboxylic acid groups (broad SMARTS) is 1. The Morgan fingerprint density at radius 2 is 1.55 bits per heavy atom. The van der Waals surface area contributed by atoms with Gasteiger partial charge >= 0.3 is 5.97 Å². The molecule has 20 heavy (non-hydrogen) atoms. The van der Waals surface area contributed by atoms with Gasteiger partial charge in [-0.3, -0.25) is 14.4 Å². The van der Waals surface area contributed by atoms with E-state index in [2.05, 4.69) is 0 Å². The van der Waals surface area contributed by atoms with Crippen LogP contribution in [0.3, 0.4) is 0 Å². The molecule has 0 aliphatic rings. The van der Waals surface area contributed by atoms with Gasteiger partial charge in [0.1, 0.15) is 0 Å². The minimum Gasteiger partial charge on any atom is -0.481 e. The molecular formula is C14H26N2O4. The lowest BCUT2D eigenvalue weighted by Crippen LogP contribution is -2.36. The molecule has 0 aliphatic carbocycles. The molecule has 0 heterocycles. The highest BCUT2D eigenvalue weighted by molar-refractivity contribution is 5.79. The van der Waals surface area contributed by atoms with Gasteiger partial charge in [-0.15, -0.1) is 0 Å². The summed E-state index contributed by atoms with van der Waals surface area (Å²) in [7, 11) is 3.37. The molecule has 6 heteroatoms. The fourth-order valence-electron chi connectivity index (χ4n) is 1.76. The van der Waals surface area contributed by atoms with Crippen LogP contribution in [0, 0.1) is 5.92 Å². The third-order valence-corrected chi connectivity index (χ3v) is 2.81. The Balaban J connectivity index is 4.25. The lowest BCUT2D eigenvalue weighted by molar-refractivity contribution is -0.138. The fourth-order valence-corrected chi connectivity index (χ4v) is 1.76. The highest BCUT2D eigenvalue weighted by Crippen LogP contribution is 2.07. The summed E-state index contributed by atoms with van der Waals surface area (Å²) in [6.45, 7) is 4.74. The Labute approximate surface area is 120 Å². The smallest absolute Gasteiger partial charge is 0.305 e. The Morgan fingerprint density at radius 3 is 2.00 bits per heavy atom. The van der Waals surface area contributed by atoms with Gasteiger partial charge in [-0.25, -0.2) is 0 Å². The number of carbonyl (C=O) groups is 3. The van der Waals surface area contributed by atoms with Gasteiger partial charge in [0.05, 0.1) is 6.42 Å². The Kier molecular flexibility index (Phi) is 8.59. The maximum Gasteiger partial charge on any atom is 0.305 e. The number of aliphatic carboxylic acids is 1. The molecule has 0 saturated carbocycles. The molecule has 0 radical (unpaired) electrons. The number of carboxylic acids is 1. The van der Waals surface area contributed by atoms with Crippen LogP contribution in [0.15, 0.2) is 0 Å². The highest BCUT2D eigenvalue weighted by atomic mass is 16.4. The number of rotatable bonds is 9. The topological polar surface area (TPSA) is 77.9 Å². The SMILES string of the molecule is CC(C)CN(CCC(=O)O)C(=O)CCCC(=O)N(C)C. The third-order valence-electron chi connectivity index (χ3n) is 2.81. The number of carbonyl (C=O) groups excluding carboxylic acids is 2. The summed E-state index contributed by atoms with van der Waals surface area (Å²) in [4.78, 5) is 37.1. The predicted octanol–water partition coefficient (Wildman–Crippen LogP) is 1.20. The normalized spacial score (nSPS) is 10.4. The molecule has 1 N–H and O–H groups in total. The summed E-state index contributed by atoms with van der Waals surface area (Å²) < 4.78 is 0. The van der Waals surface area contributed by atoms with Gasteiger partial charge in [0.15, 0.2) is 0 Å². The van der Waals surface area contributed by atoms with E-state index in [1.54, 1.807) is 19.0 Å². The zero-order valence-electron chi connectivity index (χ0n) is 12.9. The maximum absolute atomic E-state index is 12.1. The van der Waals surface area contributed by atoms with Crippen molar-refractivity contribution in [2.24, 2.45) is 5.92 Å². The highest BCUT2D eigenvalue weighted by Gasteiger charge is 2.16. The van der Waals surface area contributed by atoms with Gasteiger partial charge < -0.3 is 14.9 Å². The predicted molar refractivity (Wildman–Crippen MR) is 76.2 cm³/mol. The number of hydrogen-bond acceptors (Lipinski definition) is 3. The first-order valence-electron chi connectivity index (χ1n) is 6.93. The summed E-state index contributed by atoms with van der Waals surface area (Å²) in [6.07, 6.45) is 1.08. The van der Waals surface area contributed by atoms with E-state index in [0.29, 0.717) is 19.4 Å². The average Bonchev–Trinajstić information content (AvgIpc) is 2.33. The third kappa shape index (κ3) is 8.50. The van der Waals surface area contributed by atoms with Gasteiger partial charge in [0, 0.05) is 40.0 Å². The molecule has 6 nitrogen and oxygen atoms in total. The number of amides is 2. The molecule has 0 fully saturated rings. The molecule has 0 atom stereocenters. The van der Waals surface area contributed by atoms with Crippen LogP contribution in [0.25, 0.3) is 0 Å². The van der Waals surface area contributed by atoms with Crippen LogP contribution in [0.5, 0.6) is 0 Å². The molecule has 116 valence electrons. The summed E-state index contributed by atoms with van der Waals surface area (Å²) in [5.41, 5.74) is 0. The molecule has 0 aromatic carbocycles. The van der Waals surface area contributed by atoms with Crippen LogP contribution < -0.4 is 0 Å². The Morgan fingerprint density at radius 1 is 1.00 bits per heavy atom. The first-order valence-corrected chi connectivity index (χ1v) is 6.93. The second kappa shape index (κ2) is 9.34. The molecule has 0 aliphatic heterocycles. The van der Waals surface area contributed by atoms with E-state index in [4.69, 9.17) is 5.11 Å². The van der Waals surface area contributed by atoms with E-state index < -0.39 is 5.97 Å². The number of hydrogen-bond donors (Lipinski definition) is 1. The largest absolute Gasteiger partial charge is 0.481 e. The van der Waals surface area contributed by atoms with E-state index in [-0.39, 0.29) is 37.1 Å². The van der Waals surface area contributed by atoms with Crippen molar-refractivity contribution in [2.75, 3.05) is 27.2 Å². The zero-order chi connectivity index (χ0) is 15.7. The van der Waals surface area contributed by atoms with Crippen molar-refractivity contribution in [3.63, 3.8) is 0 Å². The minimum atomic E-state index is -0.908. The standard InChI is InChI=1S/C14H26N2O4/c1-11(2)10-16(9-8-14(19)20)13(18)7-5-6-12(17)15(3)4/h11H,5-10H2,1-4H3,(H,19,20). The Bertz CT molecular complexity index is 340. The fraction of sp³-hybridized carbons (Fsp3) is 0.786. The van der Waals surface area contributed by atoms with Crippen LogP contribution in [0.2, 0.25) is 0 Å². The molecule has 0 aromatic rings. The quantitative estimate of drug-likeness (QED) is 0.691. The lowest BCUT2D eigenvalue weighted by atomic mass is 10.1. The van der Waals surface area contributed by atoms with E-state index in [9.17, 15) is 14.4 Å². The van der Waals surface area contributed by atoms with Crippen LogP contribution in [-0.2, 0) is 14.4 Å². The second-order valence-corrected chi connectivity index (χ2v) is 5.52. The van der Waals surface area contributed by atoms with E-state index >= 15 is 0 Å². The monoisotopic (exact) mass is 286 g/mol. The molecule has 0 bridgehead atoms. The van der Waals surface area contributed by atoms with E-state index in [0.717, 1.165) is 0 Å². The van der Waals surface area contributed by atoms with Crippen molar-refractivity contribution in [3.05, 3.63) is 0 Å². The minimum absolute atomic E-state index is 0.00116. The van der Waals surface area contributed by atoms with Gasteiger partial charge in [-0.1, -0.05) is 13.8 Å². The van der Waals surface area contributed by atoms with Crippen molar-refractivity contribution in [1.29, 1.82) is 0 Å². The van der Waals surface area contributed by atoms with E-state index in [1.165, 1.54) is 4.90 Å². The molecule has 0 rings (SSSR count). The molecule has 0 unspecified atom stereocenters. The van der Waals surface area contributed by atoms with Crippen LogP contribution >= 0.6 is 0 Å². The second-order valence-electron chi connectivity index (χ2n) is 5.52. The first kappa shape index (κ1) is 18.4. The maximum atomic E-state index is 12.1. The van der Waals surface area contributed by atoms with Crippen molar-refractivity contribution in [3.8, 4) is 0 Å². The molecule has 2 amide bonds. The van der Waals surface area contributed by atoms with Gasteiger partial charge in [-0.2, -0.15) is 0 Å². The lowest BCUT2D eigenvalue weighted by Gasteiger charge is -2.24. The van der Waals surface area contributed by atoms with Gasteiger partial charge in [-0.05, 0) is 12.3 Å². The van der Waals surface area contributed by atoms with Crippen LogP contribution in [0.1, 0.15) is 39.5 Å². The van der Waals surface area contributed by atoms with Crippen molar-refractivity contribution >= 4 is 17.8 Å². The van der Waals surface area contributed by atoms with Gasteiger partial charge in [0.2, 0.25) is 11.8 Å². The number of nitrogens with zero attached hydrogens (tertiary/aromatic N) is 2. The van der Waals surface area contributed by atoms with Crippen molar-refractivity contribution in [2.45, 2.75) is 39.5 Å². The molecule has 0 saturated heterocycles. The van der Waals surface area contributed by atoms with Crippen molar-refractivity contribution in [1.82, 2.24) is 9.80 Å². The van der Waals surface area contributed by atoms with E-state index in [1.807, 2.05) is 13.8 Å². The van der Waals surface area contributed by atoms with Crippen LogP contribution in [0.4, 0.5) is 0 Å². The summed E-state index contributed by atoms with van der Waals surface area (Å²) in [6, 6.07) is 0.